The predicted octanol–water partition coefficient (Wildman–Crippen LogP) is 3.71. The summed E-state index contributed by atoms with van der Waals surface area (Å²) < 4.78 is 0. The molecule has 0 fully saturated rings. The minimum Gasteiger partial charge on any atom is -0.357 e. The molecule has 0 atom stereocenters. The molecule has 130 valence electrons. The number of hydrogen-bond acceptors (Lipinski definition) is 2. The van der Waals surface area contributed by atoms with E-state index >= 15 is 0 Å². The van der Waals surface area contributed by atoms with Crippen molar-refractivity contribution in [1.82, 2.24) is 20.8 Å². The van der Waals surface area contributed by atoms with E-state index in [2.05, 4.69) is 25.8 Å². The molecule has 2 rings (SSSR count). The van der Waals surface area contributed by atoms with Crippen LogP contribution in [0.1, 0.15) is 30.2 Å². The molecule has 0 aliphatic carbocycles. The van der Waals surface area contributed by atoms with Crippen molar-refractivity contribution < 1.29 is 0 Å². The zero-order valence-corrected chi connectivity index (χ0v) is 15.5. The number of rotatable bonds is 7. The summed E-state index contributed by atoms with van der Waals surface area (Å²) in [5.74, 6) is 0.785. The fraction of sp³-hybridized carbons (Fsp3) is 0.412. The van der Waals surface area contributed by atoms with Gasteiger partial charge in [-0.25, -0.2) is 4.99 Å². The number of aliphatic imine (C=N–C) groups is 1. The number of aromatic amines is 1. The zero-order valence-electron chi connectivity index (χ0n) is 14.0. The second kappa shape index (κ2) is 9.55. The molecule has 0 unspecified atom stereocenters. The first-order chi connectivity index (χ1) is 11.6. The smallest absolute Gasteiger partial charge is 0.191 e. The molecule has 7 heteroatoms. The monoisotopic (exact) mass is 367 g/mol. The molecule has 0 saturated heterocycles. The van der Waals surface area contributed by atoms with Gasteiger partial charge >= 0.3 is 0 Å². The summed E-state index contributed by atoms with van der Waals surface area (Å²) in [6, 6.07) is 5.47. The molecule has 0 aliphatic heterocycles. The Balaban J connectivity index is 1.85. The maximum atomic E-state index is 6.19. The molecule has 1 heterocycles. The molecule has 1 aromatic carbocycles. The van der Waals surface area contributed by atoms with Gasteiger partial charge in [0.05, 0.1) is 12.7 Å². The van der Waals surface area contributed by atoms with E-state index in [-0.39, 0.29) is 0 Å². The van der Waals surface area contributed by atoms with Crippen molar-refractivity contribution in [1.29, 1.82) is 0 Å². The number of H-pyrrole nitrogens is 1. The van der Waals surface area contributed by atoms with Crippen LogP contribution in [0.3, 0.4) is 0 Å². The lowest BCUT2D eigenvalue weighted by atomic mass is 10.1. The molecule has 0 amide bonds. The number of nitrogens with zero attached hydrogens (tertiary/aromatic N) is 2. The summed E-state index contributed by atoms with van der Waals surface area (Å²) in [5.41, 5.74) is 3.34. The molecule has 0 radical (unpaired) electrons. The maximum Gasteiger partial charge on any atom is 0.191 e. The van der Waals surface area contributed by atoms with Gasteiger partial charge in [0.15, 0.2) is 5.96 Å². The van der Waals surface area contributed by atoms with Crippen LogP contribution in [0.4, 0.5) is 0 Å². The number of benzene rings is 1. The van der Waals surface area contributed by atoms with Gasteiger partial charge in [-0.1, -0.05) is 29.3 Å². The largest absolute Gasteiger partial charge is 0.357 e. The van der Waals surface area contributed by atoms with Crippen molar-refractivity contribution in [2.24, 2.45) is 4.99 Å². The van der Waals surface area contributed by atoms with Crippen LogP contribution in [0.15, 0.2) is 29.4 Å². The Labute approximate surface area is 152 Å². The molecule has 5 nitrogen and oxygen atoms in total. The lowest BCUT2D eigenvalue weighted by molar-refractivity contribution is 0.742. The van der Waals surface area contributed by atoms with Crippen LogP contribution in [0.5, 0.6) is 0 Å². The first-order valence-electron chi connectivity index (χ1n) is 8.05. The average molecular weight is 368 g/mol. The van der Waals surface area contributed by atoms with Gasteiger partial charge in [0.2, 0.25) is 0 Å². The molecule has 0 bridgehead atoms. The van der Waals surface area contributed by atoms with Crippen LogP contribution >= 0.6 is 23.2 Å². The van der Waals surface area contributed by atoms with Crippen LogP contribution in [0, 0.1) is 6.92 Å². The molecular formula is C17H23Cl2N5. The van der Waals surface area contributed by atoms with E-state index in [0.29, 0.717) is 16.6 Å². The molecule has 24 heavy (non-hydrogen) atoms. The highest BCUT2D eigenvalue weighted by Gasteiger charge is 2.03. The van der Waals surface area contributed by atoms with E-state index in [1.807, 2.05) is 32.2 Å². The third kappa shape index (κ3) is 5.73. The van der Waals surface area contributed by atoms with Crippen molar-refractivity contribution in [2.75, 3.05) is 13.1 Å². The minimum atomic E-state index is 0.506. The van der Waals surface area contributed by atoms with Crippen molar-refractivity contribution >= 4 is 29.2 Å². The fourth-order valence-electron chi connectivity index (χ4n) is 2.27. The van der Waals surface area contributed by atoms with Crippen LogP contribution in [-0.4, -0.2) is 29.2 Å². The van der Waals surface area contributed by atoms with Crippen molar-refractivity contribution in [3.05, 3.63) is 51.3 Å². The van der Waals surface area contributed by atoms with Gasteiger partial charge in [-0.2, -0.15) is 5.10 Å². The van der Waals surface area contributed by atoms with Crippen molar-refractivity contribution in [3.63, 3.8) is 0 Å². The first-order valence-corrected chi connectivity index (χ1v) is 8.80. The zero-order chi connectivity index (χ0) is 17.4. The summed E-state index contributed by atoms with van der Waals surface area (Å²) in [5, 5.41) is 14.8. The fourth-order valence-corrected chi connectivity index (χ4v) is 2.74. The Morgan fingerprint density at radius 2 is 2.08 bits per heavy atom. The Kier molecular flexibility index (Phi) is 7.40. The van der Waals surface area contributed by atoms with Gasteiger partial charge in [-0.3, -0.25) is 5.10 Å². The van der Waals surface area contributed by atoms with Crippen LogP contribution in [0.25, 0.3) is 0 Å². The van der Waals surface area contributed by atoms with E-state index in [1.54, 1.807) is 6.07 Å². The molecule has 0 spiro atoms. The van der Waals surface area contributed by atoms with Crippen molar-refractivity contribution in [2.45, 2.75) is 33.2 Å². The minimum absolute atomic E-state index is 0.506. The number of nitrogens with one attached hydrogen (secondary N) is 3. The van der Waals surface area contributed by atoms with Gasteiger partial charge in [-0.05, 0) is 49.9 Å². The Morgan fingerprint density at radius 3 is 2.75 bits per heavy atom. The van der Waals surface area contributed by atoms with E-state index in [9.17, 15) is 0 Å². The highest BCUT2D eigenvalue weighted by atomic mass is 35.5. The van der Waals surface area contributed by atoms with Crippen LogP contribution in [0.2, 0.25) is 10.0 Å². The van der Waals surface area contributed by atoms with Gasteiger partial charge in [0.25, 0.3) is 0 Å². The molecular weight excluding hydrogens is 345 g/mol. The highest BCUT2D eigenvalue weighted by Crippen LogP contribution is 2.21. The van der Waals surface area contributed by atoms with Gasteiger partial charge in [0, 0.05) is 28.8 Å². The van der Waals surface area contributed by atoms with Crippen molar-refractivity contribution in [3.8, 4) is 0 Å². The second-order valence-electron chi connectivity index (χ2n) is 5.48. The summed E-state index contributed by atoms with van der Waals surface area (Å²) in [7, 11) is 0. The SMILES string of the molecule is CCNC(=NCc1ccc(Cl)cc1Cl)NCCCc1cn[nH]c1C. The number of aromatic nitrogens is 2. The number of guanidine groups is 1. The van der Waals surface area contributed by atoms with Gasteiger partial charge in [-0.15, -0.1) is 0 Å². The van der Waals surface area contributed by atoms with Crippen LogP contribution in [-0.2, 0) is 13.0 Å². The molecule has 1 aromatic heterocycles. The van der Waals surface area contributed by atoms with Crippen LogP contribution < -0.4 is 10.6 Å². The predicted molar refractivity (Wildman–Crippen MR) is 101 cm³/mol. The highest BCUT2D eigenvalue weighted by molar-refractivity contribution is 6.35. The van der Waals surface area contributed by atoms with E-state index in [4.69, 9.17) is 23.2 Å². The van der Waals surface area contributed by atoms with E-state index in [0.717, 1.165) is 43.1 Å². The third-order valence-corrected chi connectivity index (χ3v) is 4.20. The second-order valence-corrected chi connectivity index (χ2v) is 6.33. The lowest BCUT2D eigenvalue weighted by Gasteiger charge is -2.11. The third-order valence-electron chi connectivity index (χ3n) is 3.62. The average Bonchev–Trinajstić information content (AvgIpc) is 2.95. The number of halogens is 2. The Morgan fingerprint density at radius 1 is 1.25 bits per heavy atom. The van der Waals surface area contributed by atoms with E-state index < -0.39 is 0 Å². The Hall–Kier alpha value is -1.72. The van der Waals surface area contributed by atoms with Gasteiger partial charge < -0.3 is 10.6 Å². The summed E-state index contributed by atoms with van der Waals surface area (Å²) in [6.45, 7) is 6.23. The Bertz CT molecular complexity index is 681. The van der Waals surface area contributed by atoms with Gasteiger partial charge in [0.1, 0.15) is 0 Å². The number of hydrogen-bond donors (Lipinski definition) is 3. The number of aryl methyl sites for hydroxylation is 2. The summed E-state index contributed by atoms with van der Waals surface area (Å²) in [6.07, 6.45) is 3.88. The summed E-state index contributed by atoms with van der Waals surface area (Å²) in [4.78, 5) is 4.57. The summed E-state index contributed by atoms with van der Waals surface area (Å²) >= 11 is 12.1. The van der Waals surface area contributed by atoms with E-state index in [1.165, 1.54) is 5.56 Å². The normalized spacial score (nSPS) is 11.6. The molecule has 2 aromatic rings. The molecule has 0 saturated carbocycles. The molecule has 3 N–H and O–H groups in total. The quantitative estimate of drug-likeness (QED) is 0.397. The first kappa shape index (κ1) is 18.6. The standard InChI is InChI=1S/C17H23Cl2N5/c1-3-20-17(21-8-4-5-13-11-23-24-12(13)2)22-10-14-6-7-15(18)9-16(14)19/h6-7,9,11H,3-5,8,10H2,1-2H3,(H,23,24)(H2,20,21,22). The lowest BCUT2D eigenvalue weighted by Crippen LogP contribution is -2.37. The maximum absolute atomic E-state index is 6.19. The topological polar surface area (TPSA) is 65.1 Å². The molecule has 0 aliphatic rings.